The smallest absolute Gasteiger partial charge is 0.120 e. The molecule has 104 valence electrons. The second-order valence-corrected chi connectivity index (χ2v) is 4.57. The fraction of sp³-hybridized carbons (Fsp3) is 0.333. The predicted octanol–water partition coefficient (Wildman–Crippen LogP) is 1.81. The van der Waals surface area contributed by atoms with E-state index >= 15 is 0 Å². The van der Waals surface area contributed by atoms with Crippen LogP contribution < -0.4 is 10.1 Å². The maximum Gasteiger partial charge on any atom is 0.120 e. The highest BCUT2D eigenvalue weighted by atomic mass is 16.5. The Morgan fingerprint density at radius 3 is 3.10 bits per heavy atom. The van der Waals surface area contributed by atoms with Gasteiger partial charge in [0.1, 0.15) is 12.4 Å². The Morgan fingerprint density at radius 1 is 1.45 bits per heavy atom. The van der Waals surface area contributed by atoms with E-state index in [0.717, 1.165) is 18.8 Å². The molecular weight excluding hydrogens is 252 g/mol. The predicted molar refractivity (Wildman–Crippen MR) is 76.3 cm³/mol. The van der Waals surface area contributed by atoms with Gasteiger partial charge in [0.15, 0.2) is 0 Å². The van der Waals surface area contributed by atoms with Crippen LogP contribution in [0.5, 0.6) is 5.75 Å². The van der Waals surface area contributed by atoms with Gasteiger partial charge in [0, 0.05) is 25.0 Å². The fourth-order valence-corrected chi connectivity index (χ4v) is 1.88. The van der Waals surface area contributed by atoms with E-state index in [1.54, 1.807) is 18.3 Å². The molecule has 0 aliphatic rings. The first-order valence-corrected chi connectivity index (χ1v) is 6.61. The fourth-order valence-electron chi connectivity index (χ4n) is 1.88. The molecule has 20 heavy (non-hydrogen) atoms. The van der Waals surface area contributed by atoms with Crippen molar-refractivity contribution < 1.29 is 4.74 Å². The molecule has 1 aromatic carbocycles. The van der Waals surface area contributed by atoms with Crippen LogP contribution >= 0.6 is 0 Å². The van der Waals surface area contributed by atoms with Crippen LogP contribution in [0.15, 0.2) is 42.7 Å². The van der Waals surface area contributed by atoms with Crippen LogP contribution in [0.4, 0.5) is 0 Å². The third kappa shape index (κ3) is 4.41. The molecule has 1 heterocycles. The van der Waals surface area contributed by atoms with Crippen molar-refractivity contribution in [3.63, 3.8) is 0 Å². The number of benzene rings is 1. The Kier molecular flexibility index (Phi) is 5.15. The van der Waals surface area contributed by atoms with Crippen LogP contribution in [0.1, 0.15) is 12.5 Å². The molecule has 0 radical (unpaired) electrons. The minimum absolute atomic E-state index is 0.323. The van der Waals surface area contributed by atoms with E-state index in [2.05, 4.69) is 23.4 Å². The summed E-state index contributed by atoms with van der Waals surface area (Å²) in [5, 5.41) is 16.3. The minimum Gasteiger partial charge on any atom is -0.492 e. The molecule has 5 nitrogen and oxygen atoms in total. The van der Waals surface area contributed by atoms with Crippen LogP contribution in [0.25, 0.3) is 0 Å². The summed E-state index contributed by atoms with van der Waals surface area (Å²) in [7, 11) is 0. The van der Waals surface area contributed by atoms with Crippen molar-refractivity contribution in [3.05, 3.63) is 48.3 Å². The second kappa shape index (κ2) is 7.31. The van der Waals surface area contributed by atoms with Gasteiger partial charge in [-0.1, -0.05) is 6.07 Å². The van der Waals surface area contributed by atoms with Crippen molar-refractivity contribution in [1.82, 2.24) is 15.1 Å². The molecule has 1 aromatic heterocycles. The van der Waals surface area contributed by atoms with Crippen molar-refractivity contribution in [2.24, 2.45) is 0 Å². The lowest BCUT2D eigenvalue weighted by Crippen LogP contribution is -2.33. The van der Waals surface area contributed by atoms with Gasteiger partial charge in [0.25, 0.3) is 0 Å². The van der Waals surface area contributed by atoms with Crippen molar-refractivity contribution in [2.45, 2.75) is 19.5 Å². The summed E-state index contributed by atoms with van der Waals surface area (Å²) in [6.07, 6.45) is 3.72. The summed E-state index contributed by atoms with van der Waals surface area (Å²) in [4.78, 5) is 0. The first-order valence-electron chi connectivity index (χ1n) is 6.61. The molecule has 0 saturated heterocycles. The number of nitrogens with zero attached hydrogens (tertiary/aromatic N) is 3. The summed E-state index contributed by atoms with van der Waals surface area (Å²) in [6, 6.07) is 11.5. The van der Waals surface area contributed by atoms with Crippen molar-refractivity contribution in [2.75, 3.05) is 13.2 Å². The van der Waals surface area contributed by atoms with Crippen LogP contribution in [0.2, 0.25) is 0 Å². The zero-order valence-electron chi connectivity index (χ0n) is 11.5. The normalized spacial score (nSPS) is 11.8. The van der Waals surface area contributed by atoms with E-state index in [-0.39, 0.29) is 0 Å². The average Bonchev–Trinajstić information content (AvgIpc) is 2.97. The largest absolute Gasteiger partial charge is 0.492 e. The van der Waals surface area contributed by atoms with Gasteiger partial charge in [-0.25, -0.2) is 0 Å². The van der Waals surface area contributed by atoms with Crippen LogP contribution in [0, 0.1) is 11.3 Å². The molecular formula is C15H18N4O. The number of hydrogen-bond acceptors (Lipinski definition) is 4. The second-order valence-electron chi connectivity index (χ2n) is 4.57. The molecule has 0 bridgehead atoms. The number of hydrogen-bond donors (Lipinski definition) is 1. The highest BCUT2D eigenvalue weighted by Gasteiger charge is 2.02. The molecule has 0 saturated carbocycles. The topological polar surface area (TPSA) is 62.9 Å². The lowest BCUT2D eigenvalue weighted by Gasteiger charge is -2.14. The van der Waals surface area contributed by atoms with Gasteiger partial charge in [-0.15, -0.1) is 0 Å². The SMILES string of the molecule is C[C@@H](Cn1cccn1)NCCOc1cccc(C#N)c1. The lowest BCUT2D eigenvalue weighted by atomic mass is 10.2. The first-order chi connectivity index (χ1) is 9.78. The number of nitriles is 1. The molecule has 0 spiro atoms. The third-order valence-corrected chi connectivity index (χ3v) is 2.85. The van der Waals surface area contributed by atoms with E-state index in [0.29, 0.717) is 18.2 Å². The monoisotopic (exact) mass is 270 g/mol. The Hall–Kier alpha value is -2.32. The Morgan fingerprint density at radius 2 is 2.35 bits per heavy atom. The third-order valence-electron chi connectivity index (χ3n) is 2.85. The van der Waals surface area contributed by atoms with E-state index in [1.807, 2.05) is 29.1 Å². The zero-order valence-corrected chi connectivity index (χ0v) is 11.5. The molecule has 2 aromatic rings. The number of ether oxygens (including phenoxy) is 1. The molecule has 1 atom stereocenters. The summed E-state index contributed by atoms with van der Waals surface area (Å²) in [5.41, 5.74) is 0.613. The number of aromatic nitrogens is 2. The van der Waals surface area contributed by atoms with Gasteiger partial charge in [0.2, 0.25) is 0 Å². The number of nitrogens with one attached hydrogen (secondary N) is 1. The highest BCUT2D eigenvalue weighted by molar-refractivity contribution is 5.36. The first kappa shape index (κ1) is 14.1. The summed E-state index contributed by atoms with van der Waals surface area (Å²) in [6.45, 7) is 4.26. The molecule has 0 unspecified atom stereocenters. The van der Waals surface area contributed by atoms with Gasteiger partial charge in [0.05, 0.1) is 18.2 Å². The quantitative estimate of drug-likeness (QED) is 0.779. The highest BCUT2D eigenvalue weighted by Crippen LogP contribution is 2.11. The lowest BCUT2D eigenvalue weighted by molar-refractivity contribution is 0.301. The van der Waals surface area contributed by atoms with E-state index in [4.69, 9.17) is 10.00 Å². The summed E-state index contributed by atoms with van der Waals surface area (Å²) < 4.78 is 7.50. The molecule has 0 fully saturated rings. The maximum atomic E-state index is 8.80. The molecule has 5 heteroatoms. The van der Waals surface area contributed by atoms with Gasteiger partial charge in [-0.2, -0.15) is 10.4 Å². The van der Waals surface area contributed by atoms with E-state index < -0.39 is 0 Å². The van der Waals surface area contributed by atoms with Gasteiger partial charge in [-0.05, 0) is 31.2 Å². The molecule has 2 rings (SSSR count). The van der Waals surface area contributed by atoms with Gasteiger partial charge < -0.3 is 10.1 Å². The summed E-state index contributed by atoms with van der Waals surface area (Å²) in [5.74, 6) is 0.727. The van der Waals surface area contributed by atoms with Crippen molar-refractivity contribution in [3.8, 4) is 11.8 Å². The maximum absolute atomic E-state index is 8.80. The average molecular weight is 270 g/mol. The minimum atomic E-state index is 0.323. The Balaban J connectivity index is 1.67. The Labute approximate surface area is 118 Å². The summed E-state index contributed by atoms with van der Waals surface area (Å²) >= 11 is 0. The molecule has 1 N–H and O–H groups in total. The van der Waals surface area contributed by atoms with E-state index in [1.165, 1.54) is 0 Å². The van der Waals surface area contributed by atoms with Crippen molar-refractivity contribution >= 4 is 0 Å². The Bertz CT molecular complexity index is 560. The standard InChI is InChI=1S/C15H18N4O/c1-13(12-19-8-3-6-18-19)17-7-9-20-15-5-2-4-14(10-15)11-16/h2-6,8,10,13,17H,7,9,12H2,1H3/t13-/m0/s1. The van der Waals surface area contributed by atoms with Crippen LogP contribution in [0.3, 0.4) is 0 Å². The molecule has 0 aliphatic heterocycles. The van der Waals surface area contributed by atoms with Gasteiger partial charge >= 0.3 is 0 Å². The van der Waals surface area contributed by atoms with E-state index in [9.17, 15) is 0 Å². The zero-order chi connectivity index (χ0) is 14.2. The molecule has 0 amide bonds. The number of rotatable bonds is 7. The van der Waals surface area contributed by atoms with Crippen LogP contribution in [-0.4, -0.2) is 29.0 Å². The van der Waals surface area contributed by atoms with Crippen molar-refractivity contribution in [1.29, 1.82) is 5.26 Å². The van der Waals surface area contributed by atoms with Crippen LogP contribution in [-0.2, 0) is 6.54 Å². The molecule has 0 aliphatic carbocycles. The van der Waals surface area contributed by atoms with Gasteiger partial charge in [-0.3, -0.25) is 4.68 Å².